The quantitative estimate of drug-likeness (QED) is 0.284. The van der Waals surface area contributed by atoms with Crippen LogP contribution in [0.1, 0.15) is 40.9 Å². The van der Waals surface area contributed by atoms with Crippen LogP contribution in [0.25, 0.3) is 0 Å². The van der Waals surface area contributed by atoms with Crippen molar-refractivity contribution >= 4 is 35.3 Å². The molecule has 2 atom stereocenters. The van der Waals surface area contributed by atoms with Gasteiger partial charge in [-0.2, -0.15) is 0 Å². The number of carbonyl (C=O) groups is 3. The third-order valence-electron chi connectivity index (χ3n) is 6.82. The zero-order chi connectivity index (χ0) is 31.1. The van der Waals surface area contributed by atoms with Crippen LogP contribution in [-0.4, -0.2) is 53.9 Å². The number of hydroxylamine groups is 1. The standard InChI is InChI=1S/C30H29ClF2N4O6/c1-3-25(17-4-6-18(7-5-17)29(39)40)35-30(41)37-16-27(36-43-22-9-10-23(32)24(33)14-22)34-15-20(28(37)38)12-19-13-21(31)8-11-26(19)42-2/h4-11,13-14,20,25H,3,12,15-16H2,1-2H3,(H,34,36)(H,35,41)(H,39,40)/t20-,25-/m1/s1. The number of urea groups is 1. The first-order chi connectivity index (χ1) is 20.6. The van der Waals surface area contributed by atoms with Gasteiger partial charge < -0.3 is 20.0 Å². The Morgan fingerprint density at radius 3 is 2.51 bits per heavy atom. The molecule has 226 valence electrons. The van der Waals surface area contributed by atoms with Crippen LogP contribution in [0.4, 0.5) is 13.6 Å². The Bertz CT molecular complexity index is 1540. The lowest BCUT2D eigenvalue weighted by Gasteiger charge is -2.26. The summed E-state index contributed by atoms with van der Waals surface area (Å²) in [6, 6.07) is 12.7. The molecule has 0 spiro atoms. The monoisotopic (exact) mass is 614 g/mol. The minimum absolute atomic E-state index is 0.0321. The number of methoxy groups -OCH3 is 1. The number of halogens is 3. The van der Waals surface area contributed by atoms with Gasteiger partial charge in [-0.15, -0.1) is 0 Å². The molecule has 1 aliphatic rings. The van der Waals surface area contributed by atoms with Crippen molar-refractivity contribution < 1.29 is 37.8 Å². The normalized spacial score (nSPS) is 15.7. The molecule has 0 fully saturated rings. The summed E-state index contributed by atoms with van der Waals surface area (Å²) in [6.07, 6.45) is 0.600. The second-order valence-electron chi connectivity index (χ2n) is 9.69. The summed E-state index contributed by atoms with van der Waals surface area (Å²) in [7, 11) is 1.49. The molecule has 3 aromatic carbocycles. The smallest absolute Gasteiger partial charge is 0.335 e. The molecule has 1 heterocycles. The lowest BCUT2D eigenvalue weighted by molar-refractivity contribution is -0.131. The molecule has 0 aromatic heterocycles. The van der Waals surface area contributed by atoms with Crippen LogP contribution in [0.15, 0.2) is 65.7 Å². The number of ether oxygens (including phenoxy) is 1. The van der Waals surface area contributed by atoms with Crippen molar-refractivity contribution in [2.45, 2.75) is 25.8 Å². The third kappa shape index (κ3) is 7.77. The minimum atomic E-state index is -1.11. The first kappa shape index (κ1) is 31.2. The highest BCUT2D eigenvalue weighted by Gasteiger charge is 2.34. The molecule has 0 unspecified atom stereocenters. The molecule has 0 bridgehead atoms. The van der Waals surface area contributed by atoms with Gasteiger partial charge in [0.2, 0.25) is 5.91 Å². The predicted molar refractivity (Wildman–Crippen MR) is 154 cm³/mol. The van der Waals surface area contributed by atoms with E-state index in [4.69, 9.17) is 21.2 Å². The van der Waals surface area contributed by atoms with Crippen LogP contribution in [0, 0.1) is 17.6 Å². The van der Waals surface area contributed by atoms with E-state index in [2.05, 4.69) is 15.8 Å². The van der Waals surface area contributed by atoms with E-state index in [1.165, 1.54) is 25.3 Å². The van der Waals surface area contributed by atoms with E-state index >= 15 is 0 Å². The fourth-order valence-corrected chi connectivity index (χ4v) is 4.72. The van der Waals surface area contributed by atoms with Crippen LogP contribution >= 0.6 is 11.6 Å². The van der Waals surface area contributed by atoms with Gasteiger partial charge in [-0.05, 0) is 66.4 Å². The fraction of sp³-hybridized carbons (Fsp3) is 0.267. The molecule has 0 saturated carbocycles. The molecule has 3 amide bonds. The minimum Gasteiger partial charge on any atom is -0.496 e. The number of benzene rings is 3. The molecule has 3 N–H and O–H groups in total. The van der Waals surface area contributed by atoms with Gasteiger partial charge in [-0.3, -0.25) is 14.7 Å². The summed E-state index contributed by atoms with van der Waals surface area (Å²) in [5, 5.41) is 12.5. The first-order valence-electron chi connectivity index (χ1n) is 13.3. The van der Waals surface area contributed by atoms with Crippen LogP contribution in [0.5, 0.6) is 11.5 Å². The number of imide groups is 1. The molecule has 3 aromatic rings. The molecular weight excluding hydrogens is 586 g/mol. The van der Waals surface area contributed by atoms with Crippen molar-refractivity contribution in [3.05, 3.63) is 94.0 Å². The van der Waals surface area contributed by atoms with Gasteiger partial charge in [0.15, 0.2) is 23.2 Å². The summed E-state index contributed by atoms with van der Waals surface area (Å²) in [6.45, 7) is 1.49. The Hall–Kier alpha value is -4.71. The Labute approximate surface area is 251 Å². The zero-order valence-corrected chi connectivity index (χ0v) is 24.0. The second-order valence-corrected chi connectivity index (χ2v) is 10.1. The molecule has 4 rings (SSSR count). The highest BCUT2D eigenvalue weighted by Crippen LogP contribution is 2.27. The number of aromatic carboxylic acids is 1. The maximum atomic E-state index is 13.8. The third-order valence-corrected chi connectivity index (χ3v) is 7.06. The van der Waals surface area contributed by atoms with Gasteiger partial charge in [-0.25, -0.2) is 23.9 Å². The summed E-state index contributed by atoms with van der Waals surface area (Å²) in [5.74, 6) is -4.01. The summed E-state index contributed by atoms with van der Waals surface area (Å²) in [4.78, 5) is 49.4. The van der Waals surface area contributed by atoms with E-state index in [1.54, 1.807) is 30.3 Å². The molecular formula is C30H29ClF2N4O6. The zero-order valence-electron chi connectivity index (χ0n) is 23.3. The van der Waals surface area contributed by atoms with Crippen LogP contribution in [0.2, 0.25) is 5.02 Å². The highest BCUT2D eigenvalue weighted by atomic mass is 35.5. The van der Waals surface area contributed by atoms with E-state index in [1.807, 2.05) is 6.92 Å². The Balaban J connectivity index is 1.59. The molecule has 0 radical (unpaired) electrons. The van der Waals surface area contributed by atoms with Crippen LogP contribution in [0.3, 0.4) is 0 Å². The number of carboxylic acid groups (broad SMARTS) is 1. The van der Waals surface area contributed by atoms with Crippen molar-refractivity contribution in [2.75, 3.05) is 20.2 Å². The maximum Gasteiger partial charge on any atom is 0.335 e. The molecule has 0 aliphatic carbocycles. The van der Waals surface area contributed by atoms with E-state index in [0.717, 1.165) is 17.0 Å². The number of amidine groups is 1. The van der Waals surface area contributed by atoms with Gasteiger partial charge in [0.1, 0.15) is 5.75 Å². The van der Waals surface area contributed by atoms with Gasteiger partial charge in [0, 0.05) is 11.1 Å². The number of carbonyl (C=O) groups excluding carboxylic acids is 2. The number of nitrogens with one attached hydrogen (secondary N) is 2. The summed E-state index contributed by atoms with van der Waals surface area (Å²) >= 11 is 6.19. The van der Waals surface area contributed by atoms with Gasteiger partial charge in [-0.1, -0.05) is 30.7 Å². The summed E-state index contributed by atoms with van der Waals surface area (Å²) < 4.78 is 32.4. The predicted octanol–water partition coefficient (Wildman–Crippen LogP) is 5.17. The van der Waals surface area contributed by atoms with Crippen molar-refractivity contribution in [1.29, 1.82) is 0 Å². The fourth-order valence-electron chi connectivity index (χ4n) is 4.52. The molecule has 10 nitrogen and oxygen atoms in total. The van der Waals surface area contributed by atoms with E-state index in [-0.39, 0.29) is 36.7 Å². The SMILES string of the molecule is CC[C@@H](NC(=O)N1CC(NOc2ccc(F)c(F)c2)=NC[C@@H](Cc2cc(Cl)ccc2OC)C1=O)c1ccc(C(=O)O)cc1. The van der Waals surface area contributed by atoms with Crippen molar-refractivity contribution in [2.24, 2.45) is 10.9 Å². The maximum absolute atomic E-state index is 13.8. The molecule has 0 saturated heterocycles. The number of rotatable bonds is 9. The van der Waals surface area contributed by atoms with Gasteiger partial charge in [0.05, 0.1) is 37.7 Å². The van der Waals surface area contributed by atoms with Gasteiger partial charge >= 0.3 is 12.0 Å². The Morgan fingerprint density at radius 2 is 1.86 bits per heavy atom. The van der Waals surface area contributed by atoms with Crippen molar-refractivity contribution in [3.8, 4) is 11.5 Å². The second kappa shape index (κ2) is 14.0. The topological polar surface area (TPSA) is 130 Å². The number of hydrogen-bond donors (Lipinski definition) is 3. The number of carboxylic acids is 1. The number of amides is 3. The number of nitrogens with zero attached hydrogens (tertiary/aromatic N) is 2. The van der Waals surface area contributed by atoms with Crippen LogP contribution in [-0.2, 0) is 11.2 Å². The van der Waals surface area contributed by atoms with Crippen LogP contribution < -0.4 is 20.4 Å². The lowest BCUT2D eigenvalue weighted by Crippen LogP contribution is -2.50. The average Bonchev–Trinajstić information content (AvgIpc) is 3.15. The number of aliphatic imine (C=N–C) groups is 1. The van der Waals surface area contributed by atoms with E-state index in [0.29, 0.717) is 28.3 Å². The first-order valence-corrected chi connectivity index (χ1v) is 13.7. The average molecular weight is 615 g/mol. The van der Waals surface area contributed by atoms with Gasteiger partial charge in [0.25, 0.3) is 0 Å². The van der Waals surface area contributed by atoms with Crippen molar-refractivity contribution in [1.82, 2.24) is 15.7 Å². The van der Waals surface area contributed by atoms with Crippen molar-refractivity contribution in [3.63, 3.8) is 0 Å². The largest absolute Gasteiger partial charge is 0.496 e. The molecule has 13 heteroatoms. The Kier molecular flexibility index (Phi) is 10.1. The lowest BCUT2D eigenvalue weighted by atomic mass is 9.97. The number of hydrogen-bond acceptors (Lipinski definition) is 7. The highest BCUT2D eigenvalue weighted by molar-refractivity contribution is 6.30. The van der Waals surface area contributed by atoms with E-state index in [9.17, 15) is 28.3 Å². The Morgan fingerprint density at radius 1 is 1.12 bits per heavy atom. The molecule has 43 heavy (non-hydrogen) atoms. The van der Waals surface area contributed by atoms with E-state index < -0.39 is 41.5 Å². The molecule has 1 aliphatic heterocycles. The summed E-state index contributed by atoms with van der Waals surface area (Å²) in [5.41, 5.74) is 3.94.